The molecular weight excluding hydrogens is 276 g/mol. The number of carbonyl (C=O) groups excluding carboxylic acids is 2. The summed E-state index contributed by atoms with van der Waals surface area (Å²) in [6, 6.07) is -0.998. The van der Waals surface area contributed by atoms with Gasteiger partial charge in [0.05, 0.1) is 19.0 Å². The molecule has 8 heteroatoms. The van der Waals surface area contributed by atoms with E-state index in [1.165, 1.54) is 0 Å². The molecule has 1 aliphatic heterocycles. The zero-order valence-electron chi connectivity index (χ0n) is 12.4. The van der Waals surface area contributed by atoms with Crippen LogP contribution in [0.5, 0.6) is 0 Å². The van der Waals surface area contributed by atoms with Gasteiger partial charge in [-0.25, -0.2) is 0 Å². The number of piperazine rings is 1. The summed E-state index contributed by atoms with van der Waals surface area (Å²) in [6.45, 7) is 5.09. The topological polar surface area (TPSA) is 116 Å². The molecule has 0 spiro atoms. The summed E-state index contributed by atoms with van der Waals surface area (Å²) in [5.74, 6) is -1.44. The first-order chi connectivity index (χ1) is 9.93. The first kappa shape index (κ1) is 17.4. The number of nitrogens with two attached hydrogens (primary N) is 1. The molecule has 1 rings (SSSR count). The number of carboxylic acids is 1. The highest BCUT2D eigenvalue weighted by Crippen LogP contribution is 2.05. The van der Waals surface area contributed by atoms with E-state index in [0.29, 0.717) is 39.3 Å². The van der Waals surface area contributed by atoms with Crippen molar-refractivity contribution < 1.29 is 19.5 Å². The third-order valence-corrected chi connectivity index (χ3v) is 3.34. The first-order valence-electron chi connectivity index (χ1n) is 7.19. The predicted molar refractivity (Wildman–Crippen MR) is 76.5 cm³/mol. The van der Waals surface area contributed by atoms with E-state index >= 15 is 0 Å². The first-order valence-corrected chi connectivity index (χ1v) is 7.19. The Morgan fingerprint density at radius 2 is 1.86 bits per heavy atom. The zero-order chi connectivity index (χ0) is 15.8. The molecule has 1 unspecified atom stereocenters. The minimum Gasteiger partial charge on any atom is -0.481 e. The summed E-state index contributed by atoms with van der Waals surface area (Å²) in [6.07, 6.45) is 0.536. The van der Waals surface area contributed by atoms with E-state index in [1.807, 2.05) is 11.8 Å². The lowest BCUT2D eigenvalue weighted by Crippen LogP contribution is -2.54. The lowest BCUT2D eigenvalue weighted by Gasteiger charge is -2.35. The third kappa shape index (κ3) is 6.09. The van der Waals surface area contributed by atoms with Crippen LogP contribution in [0.3, 0.4) is 0 Å². The fourth-order valence-corrected chi connectivity index (χ4v) is 2.16. The van der Waals surface area contributed by atoms with E-state index in [0.717, 1.165) is 6.42 Å². The van der Waals surface area contributed by atoms with Crippen molar-refractivity contribution in [2.75, 3.05) is 39.3 Å². The van der Waals surface area contributed by atoms with Crippen LogP contribution >= 0.6 is 0 Å². The molecule has 0 bridgehead atoms. The van der Waals surface area contributed by atoms with Crippen LogP contribution in [0.4, 0.5) is 0 Å². The molecular formula is C13H24N4O4. The summed E-state index contributed by atoms with van der Waals surface area (Å²) in [4.78, 5) is 37.6. The minimum absolute atomic E-state index is 0.0146. The third-order valence-electron chi connectivity index (χ3n) is 3.34. The van der Waals surface area contributed by atoms with Crippen LogP contribution in [-0.2, 0) is 14.4 Å². The minimum atomic E-state index is -1.08. The van der Waals surface area contributed by atoms with Gasteiger partial charge in [-0.15, -0.1) is 0 Å². The van der Waals surface area contributed by atoms with Gasteiger partial charge < -0.3 is 21.1 Å². The van der Waals surface area contributed by atoms with E-state index in [9.17, 15) is 14.4 Å². The van der Waals surface area contributed by atoms with Crippen LogP contribution in [0.2, 0.25) is 0 Å². The highest BCUT2D eigenvalue weighted by Gasteiger charge is 2.27. The Morgan fingerprint density at radius 1 is 1.24 bits per heavy atom. The molecule has 1 aliphatic rings. The molecule has 0 aromatic carbocycles. The molecule has 4 N–H and O–H groups in total. The second-order valence-corrected chi connectivity index (χ2v) is 5.16. The lowest BCUT2D eigenvalue weighted by molar-refractivity contribution is -0.142. The molecule has 0 aromatic heterocycles. The smallest absolute Gasteiger partial charge is 0.305 e. The highest BCUT2D eigenvalue weighted by molar-refractivity contribution is 5.86. The van der Waals surface area contributed by atoms with Crippen LogP contribution in [0.25, 0.3) is 0 Å². The van der Waals surface area contributed by atoms with Crippen LogP contribution < -0.4 is 11.1 Å². The average molecular weight is 300 g/mol. The Kier molecular flexibility index (Phi) is 7.10. The number of hydrogen-bond donors (Lipinski definition) is 3. The largest absolute Gasteiger partial charge is 0.481 e. The van der Waals surface area contributed by atoms with Crippen LogP contribution in [0.1, 0.15) is 19.8 Å². The summed E-state index contributed by atoms with van der Waals surface area (Å²) < 4.78 is 0. The Labute approximate surface area is 124 Å². The van der Waals surface area contributed by atoms with Gasteiger partial charge in [0.1, 0.15) is 0 Å². The second kappa shape index (κ2) is 8.58. The van der Waals surface area contributed by atoms with E-state index in [1.54, 1.807) is 4.90 Å². The number of nitrogens with zero attached hydrogens (tertiary/aromatic N) is 2. The predicted octanol–water partition coefficient (Wildman–Crippen LogP) is -1.54. The zero-order valence-corrected chi connectivity index (χ0v) is 12.4. The molecule has 2 amide bonds. The van der Waals surface area contributed by atoms with Gasteiger partial charge >= 0.3 is 5.97 Å². The maximum atomic E-state index is 11.9. The van der Waals surface area contributed by atoms with Gasteiger partial charge in [0.25, 0.3) is 0 Å². The summed E-state index contributed by atoms with van der Waals surface area (Å²) in [7, 11) is 0. The van der Waals surface area contributed by atoms with Gasteiger partial charge in [0.15, 0.2) is 0 Å². The van der Waals surface area contributed by atoms with Gasteiger partial charge in [-0.1, -0.05) is 6.92 Å². The van der Waals surface area contributed by atoms with Gasteiger partial charge in [0, 0.05) is 32.7 Å². The number of carboxylic acid groups (broad SMARTS) is 1. The van der Waals surface area contributed by atoms with Crippen molar-refractivity contribution in [3.63, 3.8) is 0 Å². The van der Waals surface area contributed by atoms with Gasteiger partial charge in [-0.05, 0) is 6.42 Å². The number of amides is 2. The van der Waals surface area contributed by atoms with E-state index < -0.39 is 12.0 Å². The SMILES string of the molecule is CCCNC(=O)CN1CCN(C(=O)C(N)CC(=O)O)CC1. The molecule has 0 radical (unpaired) electrons. The highest BCUT2D eigenvalue weighted by atomic mass is 16.4. The van der Waals surface area contributed by atoms with Crippen molar-refractivity contribution in [1.29, 1.82) is 0 Å². The van der Waals surface area contributed by atoms with Crippen LogP contribution in [0.15, 0.2) is 0 Å². The van der Waals surface area contributed by atoms with Crippen molar-refractivity contribution >= 4 is 17.8 Å². The van der Waals surface area contributed by atoms with Crippen molar-refractivity contribution in [2.45, 2.75) is 25.8 Å². The number of carbonyl (C=O) groups is 3. The summed E-state index contributed by atoms with van der Waals surface area (Å²) in [5, 5.41) is 11.4. The fraction of sp³-hybridized carbons (Fsp3) is 0.769. The number of aliphatic carboxylic acids is 1. The van der Waals surface area contributed by atoms with Crippen molar-refractivity contribution in [1.82, 2.24) is 15.1 Å². The van der Waals surface area contributed by atoms with E-state index in [2.05, 4.69) is 5.32 Å². The van der Waals surface area contributed by atoms with Gasteiger partial charge in [0.2, 0.25) is 11.8 Å². The molecule has 0 saturated carbocycles. The maximum absolute atomic E-state index is 11.9. The van der Waals surface area contributed by atoms with Crippen molar-refractivity contribution in [2.24, 2.45) is 5.73 Å². The van der Waals surface area contributed by atoms with Crippen molar-refractivity contribution in [3.8, 4) is 0 Å². The quantitative estimate of drug-likeness (QED) is 0.525. The molecule has 120 valence electrons. The molecule has 1 atom stereocenters. The molecule has 8 nitrogen and oxygen atoms in total. The molecule has 0 aromatic rings. The lowest BCUT2D eigenvalue weighted by atomic mass is 10.1. The fourth-order valence-electron chi connectivity index (χ4n) is 2.16. The maximum Gasteiger partial charge on any atom is 0.305 e. The second-order valence-electron chi connectivity index (χ2n) is 5.16. The normalized spacial score (nSPS) is 17.3. The van der Waals surface area contributed by atoms with Crippen molar-refractivity contribution in [3.05, 3.63) is 0 Å². The Balaban J connectivity index is 2.33. The average Bonchev–Trinajstić information content (AvgIpc) is 2.44. The molecule has 1 fully saturated rings. The molecule has 21 heavy (non-hydrogen) atoms. The Hall–Kier alpha value is -1.67. The number of nitrogens with one attached hydrogen (secondary N) is 1. The van der Waals surface area contributed by atoms with Gasteiger partial charge in [-0.3, -0.25) is 19.3 Å². The number of hydrogen-bond acceptors (Lipinski definition) is 5. The molecule has 0 aliphatic carbocycles. The molecule has 1 saturated heterocycles. The van der Waals surface area contributed by atoms with Gasteiger partial charge in [-0.2, -0.15) is 0 Å². The summed E-state index contributed by atoms with van der Waals surface area (Å²) in [5.41, 5.74) is 5.57. The Bertz CT molecular complexity index is 380. The molecule has 1 heterocycles. The standard InChI is InChI=1S/C13H24N4O4/c1-2-3-15-11(18)9-16-4-6-17(7-5-16)13(21)10(14)8-12(19)20/h10H,2-9,14H2,1H3,(H,15,18)(H,19,20). The van der Waals surface area contributed by atoms with Crippen LogP contribution in [-0.4, -0.2) is 78.0 Å². The summed E-state index contributed by atoms with van der Waals surface area (Å²) >= 11 is 0. The van der Waals surface area contributed by atoms with E-state index in [4.69, 9.17) is 10.8 Å². The monoisotopic (exact) mass is 300 g/mol. The van der Waals surface area contributed by atoms with E-state index in [-0.39, 0.29) is 18.2 Å². The van der Waals surface area contributed by atoms with Crippen LogP contribution in [0, 0.1) is 0 Å². The Morgan fingerprint density at radius 3 is 2.38 bits per heavy atom. The number of rotatable bonds is 7.